The van der Waals surface area contributed by atoms with Gasteiger partial charge < -0.3 is 10.1 Å². The van der Waals surface area contributed by atoms with Crippen molar-refractivity contribution in [2.24, 2.45) is 0 Å². The molecule has 0 aliphatic carbocycles. The van der Waals surface area contributed by atoms with Crippen molar-refractivity contribution in [1.82, 2.24) is 10.3 Å². The van der Waals surface area contributed by atoms with E-state index in [0.29, 0.717) is 0 Å². The zero-order valence-electron chi connectivity index (χ0n) is 11.6. The molecule has 1 heterocycles. The number of rotatable bonds is 6. The lowest BCUT2D eigenvalue weighted by Gasteiger charge is -2.17. The molecule has 2 aromatic rings. The minimum atomic E-state index is 0.205. The molecule has 1 aromatic heterocycles. The van der Waals surface area contributed by atoms with Crippen LogP contribution in [0.25, 0.3) is 0 Å². The van der Waals surface area contributed by atoms with Gasteiger partial charge in [-0.25, -0.2) is 0 Å². The Bertz CT molecular complexity index is 479. The average molecular weight is 276 g/mol. The summed E-state index contributed by atoms with van der Waals surface area (Å²) >= 11 is 1.68. The number of thiazole rings is 1. The SMILES string of the molecule is CCNC(c1ccc(OC(C)C)cc1)c1cncs1. The Labute approximate surface area is 118 Å². The number of hydrogen-bond acceptors (Lipinski definition) is 4. The van der Waals surface area contributed by atoms with Crippen molar-refractivity contribution >= 4 is 11.3 Å². The fourth-order valence-electron chi connectivity index (χ4n) is 1.97. The van der Waals surface area contributed by atoms with E-state index in [1.54, 1.807) is 11.3 Å². The van der Waals surface area contributed by atoms with E-state index in [1.165, 1.54) is 10.4 Å². The molecular formula is C15H20N2OS. The molecule has 0 bridgehead atoms. The molecule has 0 spiro atoms. The maximum absolute atomic E-state index is 5.67. The van der Waals surface area contributed by atoms with Crippen molar-refractivity contribution in [1.29, 1.82) is 0 Å². The van der Waals surface area contributed by atoms with Crippen LogP contribution in [0.4, 0.5) is 0 Å². The van der Waals surface area contributed by atoms with Gasteiger partial charge in [0.25, 0.3) is 0 Å². The van der Waals surface area contributed by atoms with Crippen molar-refractivity contribution < 1.29 is 4.74 Å². The largest absolute Gasteiger partial charge is 0.491 e. The van der Waals surface area contributed by atoms with Crippen LogP contribution in [0, 0.1) is 0 Å². The highest BCUT2D eigenvalue weighted by molar-refractivity contribution is 7.09. The van der Waals surface area contributed by atoms with E-state index in [-0.39, 0.29) is 12.1 Å². The maximum atomic E-state index is 5.67. The van der Waals surface area contributed by atoms with E-state index in [2.05, 4.69) is 29.4 Å². The van der Waals surface area contributed by atoms with Gasteiger partial charge in [0.2, 0.25) is 0 Å². The summed E-state index contributed by atoms with van der Waals surface area (Å²) in [6.07, 6.45) is 2.13. The topological polar surface area (TPSA) is 34.1 Å². The predicted molar refractivity (Wildman–Crippen MR) is 79.8 cm³/mol. The zero-order chi connectivity index (χ0) is 13.7. The van der Waals surface area contributed by atoms with Crippen LogP contribution >= 0.6 is 11.3 Å². The highest BCUT2D eigenvalue weighted by Gasteiger charge is 2.14. The van der Waals surface area contributed by atoms with Gasteiger partial charge in [-0.3, -0.25) is 4.98 Å². The van der Waals surface area contributed by atoms with Crippen molar-refractivity contribution in [3.8, 4) is 5.75 Å². The average Bonchev–Trinajstić information content (AvgIpc) is 2.90. The molecule has 4 heteroatoms. The molecule has 0 fully saturated rings. The van der Waals surface area contributed by atoms with Crippen LogP contribution in [0.2, 0.25) is 0 Å². The van der Waals surface area contributed by atoms with Gasteiger partial charge in [-0.1, -0.05) is 19.1 Å². The Kier molecular flexibility index (Phi) is 4.93. The maximum Gasteiger partial charge on any atom is 0.119 e. The summed E-state index contributed by atoms with van der Waals surface area (Å²) in [4.78, 5) is 5.40. The molecule has 1 aromatic carbocycles. The van der Waals surface area contributed by atoms with Crippen LogP contribution in [-0.2, 0) is 0 Å². The minimum Gasteiger partial charge on any atom is -0.491 e. The summed E-state index contributed by atoms with van der Waals surface area (Å²) in [5, 5.41) is 3.49. The van der Waals surface area contributed by atoms with E-state index in [4.69, 9.17) is 4.74 Å². The Morgan fingerprint density at radius 1 is 1.26 bits per heavy atom. The van der Waals surface area contributed by atoms with Crippen molar-refractivity contribution in [2.75, 3.05) is 6.54 Å². The van der Waals surface area contributed by atoms with Gasteiger partial charge in [0.15, 0.2) is 0 Å². The summed E-state index contributed by atoms with van der Waals surface area (Å²) in [5.74, 6) is 0.915. The fourth-order valence-corrected chi connectivity index (χ4v) is 2.69. The third kappa shape index (κ3) is 3.78. The van der Waals surface area contributed by atoms with E-state index in [1.807, 2.05) is 37.7 Å². The molecule has 19 heavy (non-hydrogen) atoms. The third-order valence-electron chi connectivity index (χ3n) is 2.73. The molecule has 3 nitrogen and oxygen atoms in total. The van der Waals surface area contributed by atoms with Gasteiger partial charge in [-0.15, -0.1) is 11.3 Å². The van der Waals surface area contributed by atoms with Crippen LogP contribution in [0.5, 0.6) is 5.75 Å². The van der Waals surface area contributed by atoms with E-state index < -0.39 is 0 Å². The molecule has 0 amide bonds. The molecule has 0 saturated carbocycles. The Morgan fingerprint density at radius 3 is 2.53 bits per heavy atom. The van der Waals surface area contributed by atoms with Crippen LogP contribution < -0.4 is 10.1 Å². The number of ether oxygens (including phenoxy) is 1. The summed E-state index contributed by atoms with van der Waals surface area (Å²) < 4.78 is 5.67. The first-order valence-corrected chi connectivity index (χ1v) is 7.47. The fraction of sp³-hybridized carbons (Fsp3) is 0.400. The lowest BCUT2D eigenvalue weighted by Crippen LogP contribution is -2.21. The predicted octanol–water partition coefficient (Wildman–Crippen LogP) is 3.63. The lowest BCUT2D eigenvalue weighted by molar-refractivity contribution is 0.242. The first kappa shape index (κ1) is 14.0. The summed E-state index contributed by atoms with van der Waals surface area (Å²) in [5.41, 5.74) is 3.11. The number of benzene rings is 1. The Morgan fingerprint density at radius 2 is 2.00 bits per heavy atom. The van der Waals surface area contributed by atoms with Gasteiger partial charge in [-0.05, 0) is 38.1 Å². The summed E-state index contributed by atoms with van der Waals surface area (Å²) in [6, 6.07) is 8.50. The number of aromatic nitrogens is 1. The number of nitrogens with one attached hydrogen (secondary N) is 1. The van der Waals surface area contributed by atoms with Gasteiger partial charge in [0, 0.05) is 11.1 Å². The summed E-state index contributed by atoms with van der Waals surface area (Å²) in [6.45, 7) is 7.11. The highest BCUT2D eigenvalue weighted by Crippen LogP contribution is 2.26. The van der Waals surface area contributed by atoms with Crippen molar-refractivity contribution in [3.63, 3.8) is 0 Å². The molecule has 0 radical (unpaired) electrons. The standard InChI is InChI=1S/C15H20N2OS/c1-4-17-15(14-9-16-10-19-14)12-5-7-13(8-6-12)18-11(2)3/h5-11,15,17H,4H2,1-3H3. The van der Waals surface area contributed by atoms with E-state index in [0.717, 1.165) is 12.3 Å². The normalized spacial score (nSPS) is 12.6. The Hall–Kier alpha value is -1.39. The molecule has 1 unspecified atom stereocenters. The van der Waals surface area contributed by atoms with Gasteiger partial charge >= 0.3 is 0 Å². The molecule has 0 aliphatic rings. The third-order valence-corrected chi connectivity index (χ3v) is 3.57. The number of nitrogens with zero attached hydrogens (tertiary/aromatic N) is 1. The van der Waals surface area contributed by atoms with Crippen LogP contribution in [0.15, 0.2) is 36.0 Å². The lowest BCUT2D eigenvalue weighted by atomic mass is 10.1. The molecule has 0 aliphatic heterocycles. The first-order valence-electron chi connectivity index (χ1n) is 6.59. The Balaban J connectivity index is 2.18. The molecule has 0 saturated heterocycles. The molecule has 1 N–H and O–H groups in total. The minimum absolute atomic E-state index is 0.205. The second kappa shape index (κ2) is 6.68. The van der Waals surface area contributed by atoms with Crippen LogP contribution in [0.3, 0.4) is 0 Å². The van der Waals surface area contributed by atoms with E-state index in [9.17, 15) is 0 Å². The molecule has 1 atom stereocenters. The smallest absolute Gasteiger partial charge is 0.119 e. The summed E-state index contributed by atoms with van der Waals surface area (Å²) in [7, 11) is 0. The highest BCUT2D eigenvalue weighted by atomic mass is 32.1. The zero-order valence-corrected chi connectivity index (χ0v) is 12.4. The monoisotopic (exact) mass is 276 g/mol. The van der Waals surface area contributed by atoms with E-state index >= 15 is 0 Å². The van der Waals surface area contributed by atoms with Gasteiger partial charge in [0.05, 0.1) is 17.7 Å². The number of hydrogen-bond donors (Lipinski definition) is 1. The first-order chi connectivity index (χ1) is 9.20. The van der Waals surface area contributed by atoms with Crippen LogP contribution in [0.1, 0.15) is 37.3 Å². The molecule has 102 valence electrons. The van der Waals surface area contributed by atoms with Crippen LogP contribution in [-0.4, -0.2) is 17.6 Å². The quantitative estimate of drug-likeness (QED) is 0.875. The molecule has 2 rings (SSSR count). The second-order valence-electron chi connectivity index (χ2n) is 4.63. The van der Waals surface area contributed by atoms with Gasteiger partial charge in [-0.2, -0.15) is 0 Å². The van der Waals surface area contributed by atoms with Crippen molar-refractivity contribution in [3.05, 3.63) is 46.4 Å². The molecular weight excluding hydrogens is 256 g/mol. The van der Waals surface area contributed by atoms with Gasteiger partial charge in [0.1, 0.15) is 5.75 Å². The van der Waals surface area contributed by atoms with Crippen molar-refractivity contribution in [2.45, 2.75) is 32.9 Å². The second-order valence-corrected chi connectivity index (χ2v) is 5.55.